The van der Waals surface area contributed by atoms with E-state index in [9.17, 15) is 24.0 Å². The first-order valence-corrected chi connectivity index (χ1v) is 17.1. The highest BCUT2D eigenvalue weighted by atomic mass is 16.5. The van der Waals surface area contributed by atoms with E-state index in [4.69, 9.17) is 9.47 Å². The van der Waals surface area contributed by atoms with Gasteiger partial charge in [0.1, 0.15) is 23.1 Å². The van der Waals surface area contributed by atoms with Gasteiger partial charge in [0.25, 0.3) is 5.91 Å². The largest absolute Gasteiger partial charge is 0.497 e. The van der Waals surface area contributed by atoms with Crippen molar-refractivity contribution in [2.45, 2.75) is 30.3 Å². The molecule has 4 aromatic rings. The van der Waals surface area contributed by atoms with Crippen LogP contribution in [-0.4, -0.2) is 82.6 Å². The fraction of sp³-hybridized carbons (Fsp3) is 0.275. The summed E-state index contributed by atoms with van der Waals surface area (Å²) in [4.78, 5) is 69.4. The van der Waals surface area contributed by atoms with Crippen LogP contribution in [0, 0.1) is 0 Å². The number of methoxy groups -OCH3 is 2. The number of nitrogens with one attached hydrogen (secondary N) is 4. The average molecular weight is 721 g/mol. The number of nitrogens with zero attached hydrogens (tertiary/aromatic N) is 2. The maximum absolute atomic E-state index is 13.9. The number of hydrogen-bond donors (Lipinski definition) is 4. The highest BCUT2D eigenvalue weighted by Gasteiger charge is 2.62. The maximum Gasteiger partial charge on any atom is 0.315 e. The summed E-state index contributed by atoms with van der Waals surface area (Å²) in [6, 6.07) is 30.9. The molecule has 0 heterocycles. The van der Waals surface area contributed by atoms with E-state index in [2.05, 4.69) is 21.3 Å². The minimum Gasteiger partial charge on any atom is -0.497 e. The standard InChI is InChI=1S/C40H44N6O7/c1-45(29-15-19-31(52-3)20-16-29)37(49)34(23-27-11-7-5-8-12-27)43-35(47)25-41-39(51)42-26-36(48)44-40(24-33(40)28-13-9-6-10-14-28)38(50)46(2)30-17-21-32(53-4)22-18-30/h5-22,33-34H,23-26H2,1-4H3,(H,43,47)(H,44,48)(H2,41,42,51)/t33?,34-,40+/m0/s1. The molecule has 0 aliphatic heterocycles. The Labute approximate surface area is 308 Å². The van der Waals surface area contributed by atoms with Gasteiger partial charge in [-0.1, -0.05) is 60.7 Å². The number of benzene rings is 4. The molecule has 4 aromatic carbocycles. The third-order valence-electron chi connectivity index (χ3n) is 9.20. The molecule has 13 nitrogen and oxygen atoms in total. The van der Waals surface area contributed by atoms with Gasteiger partial charge in [-0.3, -0.25) is 19.2 Å². The van der Waals surface area contributed by atoms with Gasteiger partial charge in [-0.25, -0.2) is 4.79 Å². The van der Waals surface area contributed by atoms with Crippen molar-refractivity contribution in [2.24, 2.45) is 0 Å². The second kappa shape index (κ2) is 17.2. The molecular formula is C40H44N6O7. The number of amides is 6. The van der Waals surface area contributed by atoms with Crippen molar-refractivity contribution in [3.63, 3.8) is 0 Å². The van der Waals surface area contributed by atoms with Crippen molar-refractivity contribution in [3.8, 4) is 11.5 Å². The van der Waals surface area contributed by atoms with E-state index < -0.39 is 42.5 Å². The molecule has 5 rings (SSSR count). The zero-order valence-electron chi connectivity index (χ0n) is 30.1. The molecule has 1 fully saturated rings. The first-order chi connectivity index (χ1) is 25.5. The molecule has 0 saturated heterocycles. The van der Waals surface area contributed by atoms with Crippen LogP contribution in [0.3, 0.4) is 0 Å². The lowest BCUT2D eigenvalue weighted by atomic mass is 10.0. The number of rotatable bonds is 15. The van der Waals surface area contributed by atoms with E-state index in [1.165, 1.54) is 9.80 Å². The molecule has 3 atom stereocenters. The zero-order valence-corrected chi connectivity index (χ0v) is 30.1. The predicted octanol–water partition coefficient (Wildman–Crippen LogP) is 3.40. The van der Waals surface area contributed by atoms with Gasteiger partial charge in [-0.2, -0.15) is 0 Å². The fourth-order valence-electron chi connectivity index (χ4n) is 6.14. The second-order valence-electron chi connectivity index (χ2n) is 12.7. The molecule has 1 aliphatic rings. The molecule has 0 radical (unpaired) electrons. The number of carbonyl (C=O) groups is 5. The van der Waals surface area contributed by atoms with E-state index in [1.807, 2.05) is 60.7 Å². The lowest BCUT2D eigenvalue weighted by molar-refractivity contribution is -0.128. The summed E-state index contributed by atoms with van der Waals surface area (Å²) in [5.74, 6) is -0.822. The number of carbonyl (C=O) groups excluding carboxylic acids is 5. The molecule has 4 N–H and O–H groups in total. The Balaban J connectivity index is 1.17. The summed E-state index contributed by atoms with van der Waals surface area (Å²) in [6.07, 6.45) is 0.599. The van der Waals surface area contributed by atoms with Crippen LogP contribution in [0.25, 0.3) is 0 Å². The third kappa shape index (κ3) is 9.50. The van der Waals surface area contributed by atoms with Crippen molar-refractivity contribution in [1.29, 1.82) is 0 Å². The predicted molar refractivity (Wildman–Crippen MR) is 201 cm³/mol. The summed E-state index contributed by atoms with van der Waals surface area (Å²) in [5, 5.41) is 10.5. The van der Waals surface area contributed by atoms with Crippen LogP contribution in [0.1, 0.15) is 23.5 Å². The Hall–Kier alpha value is -6.37. The van der Waals surface area contributed by atoms with Crippen LogP contribution in [0.4, 0.5) is 16.2 Å². The topological polar surface area (TPSA) is 158 Å². The summed E-state index contributed by atoms with van der Waals surface area (Å²) < 4.78 is 10.4. The Morgan fingerprint density at radius 1 is 0.698 bits per heavy atom. The van der Waals surface area contributed by atoms with E-state index in [0.717, 1.165) is 11.1 Å². The van der Waals surface area contributed by atoms with Gasteiger partial charge in [0.2, 0.25) is 17.7 Å². The van der Waals surface area contributed by atoms with Crippen LogP contribution in [0.2, 0.25) is 0 Å². The Morgan fingerprint density at radius 3 is 1.75 bits per heavy atom. The van der Waals surface area contributed by atoms with Crippen LogP contribution in [-0.2, 0) is 25.6 Å². The van der Waals surface area contributed by atoms with E-state index in [-0.39, 0.29) is 24.2 Å². The molecule has 0 aromatic heterocycles. The molecule has 1 unspecified atom stereocenters. The third-order valence-corrected chi connectivity index (χ3v) is 9.20. The summed E-state index contributed by atoms with van der Waals surface area (Å²) in [7, 11) is 6.37. The number of likely N-dealkylation sites (N-methyl/N-ethyl adjacent to an activating group) is 2. The van der Waals surface area contributed by atoms with Gasteiger partial charge in [0.05, 0.1) is 27.3 Å². The van der Waals surface area contributed by atoms with Crippen LogP contribution < -0.4 is 40.5 Å². The fourth-order valence-corrected chi connectivity index (χ4v) is 6.14. The molecule has 13 heteroatoms. The van der Waals surface area contributed by atoms with Crippen LogP contribution >= 0.6 is 0 Å². The molecule has 276 valence electrons. The molecule has 53 heavy (non-hydrogen) atoms. The van der Waals surface area contributed by atoms with Crippen molar-refractivity contribution in [3.05, 3.63) is 120 Å². The lowest BCUT2D eigenvalue weighted by Gasteiger charge is -2.26. The van der Waals surface area contributed by atoms with Gasteiger partial charge in [0, 0.05) is 37.8 Å². The van der Waals surface area contributed by atoms with Crippen molar-refractivity contribution >= 4 is 41.0 Å². The smallest absolute Gasteiger partial charge is 0.315 e. The summed E-state index contributed by atoms with van der Waals surface area (Å²) in [5.41, 5.74) is 1.75. The molecular weight excluding hydrogens is 676 g/mol. The zero-order chi connectivity index (χ0) is 38.0. The quantitative estimate of drug-likeness (QED) is 0.147. The Kier molecular flexibility index (Phi) is 12.3. The maximum atomic E-state index is 13.9. The Bertz CT molecular complexity index is 1890. The second-order valence-corrected chi connectivity index (χ2v) is 12.7. The molecule has 1 saturated carbocycles. The normalized spacial score (nSPS) is 16.3. The van der Waals surface area contributed by atoms with Gasteiger partial charge in [-0.15, -0.1) is 0 Å². The number of anilines is 2. The highest BCUT2D eigenvalue weighted by Crippen LogP contribution is 2.52. The summed E-state index contributed by atoms with van der Waals surface area (Å²) in [6.45, 7) is -0.901. The van der Waals surface area contributed by atoms with Crippen molar-refractivity contribution in [2.75, 3.05) is 51.2 Å². The first kappa shape index (κ1) is 37.9. The SMILES string of the molecule is COc1ccc(N(C)C(=O)[C@H](Cc2ccccc2)NC(=O)CNC(=O)NCC(=O)N[C@]2(C(=O)N(C)c3ccc(OC)cc3)CC2c2ccccc2)cc1. The minimum absolute atomic E-state index is 0.219. The monoisotopic (exact) mass is 720 g/mol. The van der Waals surface area contributed by atoms with Gasteiger partial charge >= 0.3 is 6.03 Å². The average Bonchev–Trinajstić information content (AvgIpc) is 3.93. The van der Waals surface area contributed by atoms with Gasteiger partial charge in [0.15, 0.2) is 0 Å². The van der Waals surface area contributed by atoms with Crippen LogP contribution in [0.5, 0.6) is 11.5 Å². The molecule has 0 spiro atoms. The summed E-state index contributed by atoms with van der Waals surface area (Å²) >= 11 is 0. The number of hydrogen-bond acceptors (Lipinski definition) is 7. The molecule has 6 amide bonds. The van der Waals surface area contributed by atoms with E-state index in [0.29, 0.717) is 29.3 Å². The van der Waals surface area contributed by atoms with Crippen LogP contribution in [0.15, 0.2) is 109 Å². The van der Waals surface area contributed by atoms with E-state index >= 15 is 0 Å². The Morgan fingerprint density at radius 2 is 1.21 bits per heavy atom. The van der Waals surface area contributed by atoms with Gasteiger partial charge in [-0.05, 0) is 66.1 Å². The molecule has 1 aliphatic carbocycles. The molecule has 0 bridgehead atoms. The van der Waals surface area contributed by atoms with Crippen molar-refractivity contribution in [1.82, 2.24) is 21.3 Å². The van der Waals surface area contributed by atoms with E-state index in [1.54, 1.807) is 76.8 Å². The number of urea groups is 1. The number of ether oxygens (including phenoxy) is 2. The minimum atomic E-state index is -1.22. The first-order valence-electron chi connectivity index (χ1n) is 17.1. The highest BCUT2D eigenvalue weighted by molar-refractivity contribution is 6.06. The van der Waals surface area contributed by atoms with Crippen molar-refractivity contribution < 1.29 is 33.4 Å². The van der Waals surface area contributed by atoms with Gasteiger partial charge < -0.3 is 40.5 Å². The lowest BCUT2D eigenvalue weighted by Crippen LogP contribution is -2.54.